The molecule has 0 bridgehead atoms. The zero-order valence-electron chi connectivity index (χ0n) is 16.1. The highest BCUT2D eigenvalue weighted by Crippen LogP contribution is 2.31. The van der Waals surface area contributed by atoms with Gasteiger partial charge in [-0.05, 0) is 25.3 Å². The van der Waals surface area contributed by atoms with Crippen LogP contribution < -0.4 is 5.32 Å². The number of piperidine rings is 1. The van der Waals surface area contributed by atoms with Crippen LogP contribution in [0.3, 0.4) is 0 Å². The summed E-state index contributed by atoms with van der Waals surface area (Å²) < 4.78 is 7.08. The van der Waals surface area contributed by atoms with Crippen molar-refractivity contribution in [2.45, 2.75) is 25.3 Å². The lowest BCUT2D eigenvalue weighted by Crippen LogP contribution is -2.47. The summed E-state index contributed by atoms with van der Waals surface area (Å²) in [6.07, 6.45) is 6.16. The van der Waals surface area contributed by atoms with Crippen LogP contribution in [0.25, 0.3) is 5.65 Å². The van der Waals surface area contributed by atoms with E-state index in [9.17, 15) is 9.59 Å². The smallest absolute Gasteiger partial charge is 0.256 e. The lowest BCUT2D eigenvalue weighted by molar-refractivity contribution is -0.137. The number of carbonyl (C=O) groups is 2. The predicted molar refractivity (Wildman–Crippen MR) is 102 cm³/mol. The molecule has 0 aliphatic carbocycles. The van der Waals surface area contributed by atoms with Gasteiger partial charge in [0.25, 0.3) is 5.91 Å². The summed E-state index contributed by atoms with van der Waals surface area (Å²) in [7, 11) is 1.59. The summed E-state index contributed by atoms with van der Waals surface area (Å²) in [6, 6.07) is 1.84. The second-order valence-electron chi connectivity index (χ2n) is 7.23. The van der Waals surface area contributed by atoms with E-state index in [1.54, 1.807) is 17.8 Å². The van der Waals surface area contributed by atoms with E-state index in [4.69, 9.17) is 4.74 Å². The SMILES string of the molecule is CNC(=O)c1cnn2c([C@H]3CCCCN3C(=O)CN3CCOCC3)ccnc12. The van der Waals surface area contributed by atoms with Gasteiger partial charge in [-0.3, -0.25) is 14.5 Å². The largest absolute Gasteiger partial charge is 0.379 e. The van der Waals surface area contributed by atoms with Crippen LogP contribution in [0.4, 0.5) is 0 Å². The summed E-state index contributed by atoms with van der Waals surface area (Å²) in [4.78, 5) is 33.6. The number of fused-ring (bicyclic) bond motifs is 1. The molecule has 0 radical (unpaired) electrons. The Bertz CT molecular complexity index is 860. The van der Waals surface area contributed by atoms with Crippen LogP contribution in [0, 0.1) is 0 Å². The van der Waals surface area contributed by atoms with Crippen molar-refractivity contribution in [2.24, 2.45) is 0 Å². The van der Waals surface area contributed by atoms with Gasteiger partial charge in [0.1, 0.15) is 5.56 Å². The number of morpholine rings is 1. The third kappa shape index (κ3) is 3.59. The Morgan fingerprint density at radius 1 is 1.25 bits per heavy atom. The minimum absolute atomic E-state index is 0.0646. The zero-order chi connectivity index (χ0) is 19.5. The van der Waals surface area contributed by atoms with Gasteiger partial charge in [0, 0.05) is 32.9 Å². The van der Waals surface area contributed by atoms with E-state index < -0.39 is 0 Å². The van der Waals surface area contributed by atoms with Crippen molar-refractivity contribution in [3.63, 3.8) is 0 Å². The van der Waals surface area contributed by atoms with Gasteiger partial charge in [-0.15, -0.1) is 0 Å². The van der Waals surface area contributed by atoms with Crippen LogP contribution in [0.5, 0.6) is 0 Å². The first kappa shape index (κ1) is 18.8. The fourth-order valence-electron chi connectivity index (χ4n) is 4.04. The molecule has 2 aliphatic heterocycles. The fraction of sp³-hybridized carbons (Fsp3) is 0.579. The molecule has 2 aliphatic rings. The van der Waals surface area contributed by atoms with E-state index in [1.807, 2.05) is 11.0 Å². The Labute approximate surface area is 163 Å². The van der Waals surface area contributed by atoms with Crippen LogP contribution in [0.15, 0.2) is 18.5 Å². The van der Waals surface area contributed by atoms with Crippen molar-refractivity contribution in [3.05, 3.63) is 29.7 Å². The van der Waals surface area contributed by atoms with Crippen LogP contribution in [0.2, 0.25) is 0 Å². The first-order chi connectivity index (χ1) is 13.7. The Morgan fingerprint density at radius 2 is 2.07 bits per heavy atom. The molecule has 9 heteroatoms. The topological polar surface area (TPSA) is 92.1 Å². The Hall–Kier alpha value is -2.52. The third-order valence-corrected chi connectivity index (χ3v) is 5.53. The van der Waals surface area contributed by atoms with Gasteiger partial charge >= 0.3 is 0 Å². The minimum Gasteiger partial charge on any atom is -0.379 e. The minimum atomic E-state index is -0.219. The summed E-state index contributed by atoms with van der Waals surface area (Å²) in [5, 5.41) is 7.02. The number of ether oxygens (including phenoxy) is 1. The molecule has 2 aromatic heterocycles. The number of amides is 2. The quantitative estimate of drug-likeness (QED) is 0.822. The van der Waals surface area contributed by atoms with Crippen molar-refractivity contribution in [1.29, 1.82) is 0 Å². The molecule has 0 aromatic carbocycles. The number of nitrogens with one attached hydrogen (secondary N) is 1. The molecule has 4 heterocycles. The maximum atomic E-state index is 13.1. The molecule has 2 amide bonds. The van der Waals surface area contributed by atoms with Gasteiger partial charge in [0.15, 0.2) is 5.65 Å². The molecule has 1 N–H and O–H groups in total. The number of hydrogen-bond acceptors (Lipinski definition) is 6. The van der Waals surface area contributed by atoms with Gasteiger partial charge in [-0.25, -0.2) is 9.50 Å². The molecule has 0 saturated carbocycles. The average Bonchev–Trinajstić information content (AvgIpc) is 3.18. The van der Waals surface area contributed by atoms with Gasteiger partial charge in [0.05, 0.1) is 37.7 Å². The lowest BCUT2D eigenvalue weighted by Gasteiger charge is -2.37. The second-order valence-corrected chi connectivity index (χ2v) is 7.23. The highest BCUT2D eigenvalue weighted by atomic mass is 16.5. The number of nitrogens with zero attached hydrogens (tertiary/aromatic N) is 5. The molecule has 2 aromatic rings. The van der Waals surface area contributed by atoms with Crippen LogP contribution >= 0.6 is 0 Å². The van der Waals surface area contributed by atoms with Crippen molar-refractivity contribution in [1.82, 2.24) is 29.7 Å². The summed E-state index contributed by atoms with van der Waals surface area (Å²) in [5.74, 6) is -0.0845. The maximum Gasteiger partial charge on any atom is 0.256 e. The number of rotatable bonds is 4. The van der Waals surface area contributed by atoms with E-state index in [-0.39, 0.29) is 17.9 Å². The predicted octanol–water partition coefficient (Wildman–Crippen LogP) is 0.475. The first-order valence-corrected chi connectivity index (χ1v) is 9.83. The van der Waals surface area contributed by atoms with Crippen molar-refractivity contribution < 1.29 is 14.3 Å². The molecule has 28 heavy (non-hydrogen) atoms. The Kier molecular flexibility index (Phi) is 5.54. The molecule has 0 unspecified atom stereocenters. The van der Waals surface area contributed by atoms with Crippen LogP contribution in [0.1, 0.15) is 41.4 Å². The molecule has 150 valence electrons. The molecule has 9 nitrogen and oxygen atoms in total. The average molecular weight is 386 g/mol. The Balaban J connectivity index is 1.61. The van der Waals surface area contributed by atoms with Crippen molar-refractivity contribution >= 4 is 17.5 Å². The van der Waals surface area contributed by atoms with E-state index >= 15 is 0 Å². The summed E-state index contributed by atoms with van der Waals surface area (Å²) >= 11 is 0. The molecular weight excluding hydrogens is 360 g/mol. The normalized spacial score (nSPS) is 21.0. The van der Waals surface area contributed by atoms with Crippen LogP contribution in [-0.4, -0.2) is 82.7 Å². The zero-order valence-corrected chi connectivity index (χ0v) is 16.1. The number of aromatic nitrogens is 3. The van der Waals surface area contributed by atoms with Gasteiger partial charge in [-0.1, -0.05) is 0 Å². The van der Waals surface area contributed by atoms with Crippen molar-refractivity contribution in [2.75, 3.05) is 46.4 Å². The molecule has 4 rings (SSSR count). The lowest BCUT2D eigenvalue weighted by atomic mass is 9.98. The van der Waals surface area contributed by atoms with E-state index in [1.165, 1.54) is 6.20 Å². The summed E-state index contributed by atoms with van der Waals surface area (Å²) in [6.45, 7) is 4.09. The van der Waals surface area contributed by atoms with Gasteiger partial charge < -0.3 is 15.0 Å². The first-order valence-electron chi connectivity index (χ1n) is 9.83. The van der Waals surface area contributed by atoms with Crippen molar-refractivity contribution in [3.8, 4) is 0 Å². The molecular formula is C19H26N6O3. The monoisotopic (exact) mass is 386 g/mol. The maximum absolute atomic E-state index is 13.1. The molecule has 2 fully saturated rings. The summed E-state index contributed by atoms with van der Waals surface area (Å²) in [5.41, 5.74) is 1.85. The Morgan fingerprint density at radius 3 is 2.86 bits per heavy atom. The van der Waals surface area contributed by atoms with E-state index in [0.717, 1.165) is 44.6 Å². The molecule has 2 saturated heterocycles. The highest BCUT2D eigenvalue weighted by molar-refractivity contribution is 5.99. The fourth-order valence-corrected chi connectivity index (χ4v) is 4.04. The third-order valence-electron chi connectivity index (χ3n) is 5.53. The van der Waals surface area contributed by atoms with E-state index in [0.29, 0.717) is 31.0 Å². The van der Waals surface area contributed by atoms with Gasteiger partial charge in [-0.2, -0.15) is 5.10 Å². The van der Waals surface area contributed by atoms with E-state index in [2.05, 4.69) is 20.3 Å². The second kappa shape index (κ2) is 8.24. The number of hydrogen-bond donors (Lipinski definition) is 1. The highest BCUT2D eigenvalue weighted by Gasteiger charge is 2.31. The standard InChI is InChI=1S/C19H26N6O3/c1-20-19(27)14-12-22-25-16(5-6-21-18(14)25)15-4-2-3-7-24(15)17(26)13-23-8-10-28-11-9-23/h5-6,12,15H,2-4,7-11,13H2,1H3,(H,20,27)/t15-/m1/s1. The molecule has 1 atom stereocenters. The molecule has 0 spiro atoms. The van der Waals surface area contributed by atoms with Crippen LogP contribution in [-0.2, 0) is 9.53 Å². The van der Waals surface area contributed by atoms with Gasteiger partial charge in [0.2, 0.25) is 5.91 Å². The number of likely N-dealkylation sites (tertiary alicyclic amines) is 1. The number of carbonyl (C=O) groups excluding carboxylic acids is 2.